The van der Waals surface area contributed by atoms with Crippen LogP contribution in [0.4, 0.5) is 8.78 Å². The van der Waals surface area contributed by atoms with Gasteiger partial charge in [0.1, 0.15) is 17.0 Å². The molecular weight excluding hydrogens is 296 g/mol. The van der Waals surface area contributed by atoms with E-state index < -0.39 is 16.9 Å². The van der Waals surface area contributed by atoms with Crippen molar-refractivity contribution in [3.05, 3.63) is 65.7 Å². The first-order valence-corrected chi connectivity index (χ1v) is 6.49. The second-order valence-electron chi connectivity index (χ2n) is 4.46. The van der Waals surface area contributed by atoms with Gasteiger partial charge in [0.05, 0.1) is 5.56 Å². The summed E-state index contributed by atoms with van der Waals surface area (Å²) in [6, 6.07) is 12.4. The molecule has 0 amide bonds. The van der Waals surface area contributed by atoms with Gasteiger partial charge in [-0.2, -0.15) is 0 Å². The Morgan fingerprint density at radius 1 is 1.05 bits per heavy atom. The Hall–Kier alpha value is -2.33. The smallest absolute Gasteiger partial charge is 0.255 e. The number of pyridine rings is 1. The number of aromatic nitrogens is 1. The van der Waals surface area contributed by atoms with E-state index in [1.165, 1.54) is 18.2 Å². The minimum atomic E-state index is -0.915. The first-order chi connectivity index (χ1) is 10.1. The highest BCUT2D eigenvalue weighted by Crippen LogP contribution is 2.27. The van der Waals surface area contributed by atoms with Crippen molar-refractivity contribution >= 4 is 27.7 Å². The van der Waals surface area contributed by atoms with Gasteiger partial charge in [-0.3, -0.25) is 4.79 Å². The van der Waals surface area contributed by atoms with Crippen molar-refractivity contribution in [1.29, 1.82) is 0 Å². The van der Waals surface area contributed by atoms with Crippen LogP contribution in [0.15, 0.2) is 48.5 Å². The number of carbonyl (C=O) groups is 1. The molecule has 0 spiro atoms. The fourth-order valence-electron chi connectivity index (χ4n) is 2.13. The molecule has 5 heteroatoms. The first kappa shape index (κ1) is 13.6. The van der Waals surface area contributed by atoms with Crippen LogP contribution in [-0.2, 0) is 0 Å². The largest absolute Gasteiger partial charge is 0.275 e. The van der Waals surface area contributed by atoms with Gasteiger partial charge in [0.15, 0.2) is 5.82 Å². The van der Waals surface area contributed by atoms with Gasteiger partial charge < -0.3 is 0 Å². The van der Waals surface area contributed by atoms with Crippen molar-refractivity contribution in [2.24, 2.45) is 0 Å². The maximum Gasteiger partial charge on any atom is 0.255 e. The highest BCUT2D eigenvalue weighted by molar-refractivity contribution is 6.67. The molecule has 0 saturated heterocycles. The van der Waals surface area contributed by atoms with Gasteiger partial charge in [0.2, 0.25) is 0 Å². The molecule has 0 aliphatic heterocycles. The molecule has 0 saturated carbocycles. The zero-order valence-corrected chi connectivity index (χ0v) is 11.4. The van der Waals surface area contributed by atoms with Gasteiger partial charge in [-0.05, 0) is 23.7 Å². The van der Waals surface area contributed by atoms with E-state index in [0.29, 0.717) is 5.56 Å². The summed E-state index contributed by atoms with van der Waals surface area (Å²) in [5.41, 5.74) is 0.198. The minimum Gasteiger partial charge on any atom is -0.275 e. The molecule has 0 aliphatic carbocycles. The van der Waals surface area contributed by atoms with E-state index in [9.17, 15) is 13.6 Å². The maximum atomic E-state index is 14.3. The Labute approximate surface area is 124 Å². The third kappa shape index (κ3) is 2.38. The fraction of sp³-hybridized carbons (Fsp3) is 0. The summed E-state index contributed by atoms with van der Waals surface area (Å²) in [5, 5.41) is -0.645. The average molecular weight is 304 g/mol. The van der Waals surface area contributed by atoms with Crippen LogP contribution < -0.4 is 0 Å². The van der Waals surface area contributed by atoms with Crippen LogP contribution in [0, 0.1) is 11.6 Å². The van der Waals surface area contributed by atoms with Crippen LogP contribution in [0.3, 0.4) is 0 Å². The number of nitrogens with zero attached hydrogens (tertiary/aromatic N) is 1. The van der Waals surface area contributed by atoms with E-state index in [0.717, 1.165) is 0 Å². The van der Waals surface area contributed by atoms with Crippen molar-refractivity contribution < 1.29 is 13.6 Å². The lowest BCUT2D eigenvalue weighted by molar-refractivity contribution is 0.107. The molecule has 0 fully saturated rings. The Bertz CT molecular complexity index is 850. The minimum absolute atomic E-state index is 0.0289. The van der Waals surface area contributed by atoms with E-state index in [-0.39, 0.29) is 22.2 Å². The topological polar surface area (TPSA) is 30.0 Å². The van der Waals surface area contributed by atoms with Gasteiger partial charge >= 0.3 is 0 Å². The predicted molar refractivity (Wildman–Crippen MR) is 77.3 cm³/mol. The van der Waals surface area contributed by atoms with Gasteiger partial charge in [0, 0.05) is 10.9 Å². The number of hydrogen-bond acceptors (Lipinski definition) is 2. The number of benzene rings is 2. The van der Waals surface area contributed by atoms with Crippen molar-refractivity contribution in [3.8, 4) is 11.3 Å². The highest BCUT2D eigenvalue weighted by Gasteiger charge is 2.16. The molecule has 3 aromatic rings. The molecule has 0 unspecified atom stereocenters. The molecule has 2 nitrogen and oxygen atoms in total. The summed E-state index contributed by atoms with van der Waals surface area (Å²) >= 11 is 5.32. The number of hydrogen-bond donors (Lipinski definition) is 0. The Morgan fingerprint density at radius 3 is 2.43 bits per heavy atom. The summed E-state index contributed by atoms with van der Waals surface area (Å²) in [6.45, 7) is 0. The van der Waals surface area contributed by atoms with Crippen molar-refractivity contribution in [2.45, 2.75) is 0 Å². The normalized spacial score (nSPS) is 10.8. The Morgan fingerprint density at radius 2 is 1.76 bits per heavy atom. The zero-order chi connectivity index (χ0) is 15.0. The molecule has 0 atom stereocenters. The third-order valence-corrected chi connectivity index (χ3v) is 3.34. The van der Waals surface area contributed by atoms with Crippen LogP contribution in [-0.4, -0.2) is 10.2 Å². The number of halogens is 3. The van der Waals surface area contributed by atoms with Crippen LogP contribution in [0.25, 0.3) is 22.2 Å². The molecule has 1 heterocycles. The summed E-state index contributed by atoms with van der Waals surface area (Å²) in [6.07, 6.45) is 0. The molecular formula is C16H8ClF2NO. The fourth-order valence-corrected chi connectivity index (χ4v) is 2.28. The second kappa shape index (κ2) is 5.22. The highest BCUT2D eigenvalue weighted by atomic mass is 35.5. The van der Waals surface area contributed by atoms with E-state index in [4.69, 9.17) is 11.6 Å². The lowest BCUT2D eigenvalue weighted by Gasteiger charge is -2.07. The van der Waals surface area contributed by atoms with Crippen LogP contribution in [0.2, 0.25) is 0 Å². The van der Waals surface area contributed by atoms with Gasteiger partial charge in [0.25, 0.3) is 5.24 Å². The van der Waals surface area contributed by atoms with Crippen molar-refractivity contribution in [3.63, 3.8) is 0 Å². The summed E-state index contributed by atoms with van der Waals surface area (Å²) in [5.74, 6) is -1.40. The van der Waals surface area contributed by atoms with Gasteiger partial charge in [-0.1, -0.05) is 36.4 Å². The van der Waals surface area contributed by atoms with E-state index in [1.807, 2.05) is 0 Å². The van der Waals surface area contributed by atoms with Crippen molar-refractivity contribution in [2.75, 3.05) is 0 Å². The van der Waals surface area contributed by atoms with Gasteiger partial charge in [-0.25, -0.2) is 13.8 Å². The van der Waals surface area contributed by atoms with Gasteiger partial charge in [-0.15, -0.1) is 0 Å². The molecule has 0 aliphatic rings. The molecule has 2 aromatic carbocycles. The summed E-state index contributed by atoms with van der Waals surface area (Å²) in [4.78, 5) is 15.2. The lowest BCUT2D eigenvalue weighted by atomic mass is 10.1. The SMILES string of the molecule is O=C(Cl)c1ccc2cc(F)c(-c3ccccc3)nc2c1F. The monoisotopic (exact) mass is 303 g/mol. The number of carbonyl (C=O) groups excluding carboxylic acids is 1. The molecule has 0 N–H and O–H groups in total. The Kier molecular flexibility index (Phi) is 3.39. The molecule has 3 rings (SSSR count). The lowest BCUT2D eigenvalue weighted by Crippen LogP contribution is -1.99. The van der Waals surface area contributed by atoms with E-state index >= 15 is 0 Å². The van der Waals surface area contributed by atoms with Crippen LogP contribution >= 0.6 is 11.6 Å². The standard InChI is InChI=1S/C16H8ClF2NO/c17-16(21)11-7-6-10-8-12(18)14(20-15(10)13(11)19)9-4-2-1-3-5-9/h1-8H. The molecule has 0 radical (unpaired) electrons. The first-order valence-electron chi connectivity index (χ1n) is 6.12. The number of fused-ring (bicyclic) bond motifs is 1. The Balaban J connectivity index is 2.31. The van der Waals surface area contributed by atoms with Crippen LogP contribution in [0.5, 0.6) is 0 Å². The van der Waals surface area contributed by atoms with E-state index in [1.54, 1.807) is 30.3 Å². The zero-order valence-electron chi connectivity index (χ0n) is 10.6. The quantitative estimate of drug-likeness (QED) is 0.650. The molecule has 21 heavy (non-hydrogen) atoms. The maximum absolute atomic E-state index is 14.3. The molecule has 0 bridgehead atoms. The predicted octanol–water partition coefficient (Wildman–Crippen LogP) is 4.56. The number of rotatable bonds is 2. The van der Waals surface area contributed by atoms with E-state index in [2.05, 4.69) is 4.98 Å². The average Bonchev–Trinajstić information content (AvgIpc) is 2.47. The second-order valence-corrected chi connectivity index (χ2v) is 4.80. The van der Waals surface area contributed by atoms with Crippen LogP contribution in [0.1, 0.15) is 10.4 Å². The summed E-state index contributed by atoms with van der Waals surface area (Å²) in [7, 11) is 0. The third-order valence-electron chi connectivity index (χ3n) is 3.14. The molecule has 1 aromatic heterocycles. The van der Waals surface area contributed by atoms with Crippen molar-refractivity contribution in [1.82, 2.24) is 4.98 Å². The molecule has 104 valence electrons. The summed E-state index contributed by atoms with van der Waals surface area (Å²) < 4.78 is 28.4.